The predicted molar refractivity (Wildman–Crippen MR) is 137 cm³/mol. The Bertz CT molecular complexity index is 1470. The van der Waals surface area contributed by atoms with Crippen LogP contribution in [0.5, 0.6) is 40.2 Å². The van der Waals surface area contributed by atoms with Gasteiger partial charge in [-0.05, 0) is 42.0 Å². The normalized spacial score (nSPS) is 16.8. The summed E-state index contributed by atoms with van der Waals surface area (Å²) < 4.78 is 39.0. The number of ketones is 1. The standard InChI is InChI=1S/C29H26O9/c1-32-19-9-6-15(12-22(19)34-3)13-23-26(31)17-8-10-20-25(27(17)38-23)18(14-24(30)37-20)16-7-11-21(33-2)29(36-5)28(16)35-4/h6-13,18H,14H2,1-5H3/b23-13-/t18-/m0/s1. The van der Waals surface area contributed by atoms with Crippen molar-refractivity contribution in [3.05, 3.63) is 70.5 Å². The Morgan fingerprint density at radius 3 is 2.16 bits per heavy atom. The first-order chi connectivity index (χ1) is 18.4. The lowest BCUT2D eigenvalue weighted by atomic mass is 9.84. The number of rotatable bonds is 7. The number of ether oxygens (including phenoxy) is 7. The SMILES string of the molecule is COc1ccc(/C=C2\Oc3c(ccc4c3[C@H](c3ccc(OC)c(OC)c3OC)CC(=O)O4)C2=O)cc1OC. The van der Waals surface area contributed by atoms with Crippen molar-refractivity contribution in [1.29, 1.82) is 0 Å². The third kappa shape index (κ3) is 4.06. The maximum atomic E-state index is 13.4. The maximum Gasteiger partial charge on any atom is 0.312 e. The van der Waals surface area contributed by atoms with Gasteiger partial charge in [-0.15, -0.1) is 0 Å². The summed E-state index contributed by atoms with van der Waals surface area (Å²) in [6.07, 6.45) is 1.65. The highest BCUT2D eigenvalue weighted by Crippen LogP contribution is 2.53. The molecule has 0 radical (unpaired) electrons. The van der Waals surface area contributed by atoms with Gasteiger partial charge in [-0.25, -0.2) is 0 Å². The topological polar surface area (TPSA) is 98.8 Å². The van der Waals surface area contributed by atoms with Crippen LogP contribution in [0.3, 0.4) is 0 Å². The molecule has 2 aliphatic heterocycles. The first-order valence-corrected chi connectivity index (χ1v) is 11.8. The molecule has 0 bridgehead atoms. The second-order valence-electron chi connectivity index (χ2n) is 8.56. The zero-order valence-corrected chi connectivity index (χ0v) is 21.6. The summed E-state index contributed by atoms with van der Waals surface area (Å²) >= 11 is 0. The molecule has 3 aromatic rings. The first-order valence-electron chi connectivity index (χ1n) is 11.8. The van der Waals surface area contributed by atoms with E-state index in [1.807, 2.05) is 6.07 Å². The summed E-state index contributed by atoms with van der Waals surface area (Å²) in [4.78, 5) is 26.0. The highest BCUT2D eigenvalue weighted by molar-refractivity contribution is 6.15. The molecule has 9 nitrogen and oxygen atoms in total. The molecule has 2 heterocycles. The lowest BCUT2D eigenvalue weighted by molar-refractivity contribution is -0.135. The van der Waals surface area contributed by atoms with Crippen LogP contribution in [0.4, 0.5) is 0 Å². The number of carbonyl (C=O) groups is 2. The molecule has 3 aromatic carbocycles. The molecule has 38 heavy (non-hydrogen) atoms. The molecule has 0 saturated heterocycles. The van der Waals surface area contributed by atoms with Crippen LogP contribution in [0.15, 0.2) is 48.2 Å². The second-order valence-corrected chi connectivity index (χ2v) is 8.56. The summed E-state index contributed by atoms with van der Waals surface area (Å²) in [5, 5.41) is 0. The minimum atomic E-state index is -0.524. The molecule has 0 unspecified atom stereocenters. The molecule has 0 aliphatic carbocycles. The van der Waals surface area contributed by atoms with Gasteiger partial charge < -0.3 is 33.2 Å². The Balaban J connectivity index is 1.62. The Morgan fingerprint density at radius 2 is 1.47 bits per heavy atom. The largest absolute Gasteiger partial charge is 0.493 e. The Morgan fingerprint density at radius 1 is 0.763 bits per heavy atom. The quantitative estimate of drug-likeness (QED) is 0.248. The van der Waals surface area contributed by atoms with E-state index in [9.17, 15) is 9.59 Å². The van der Waals surface area contributed by atoms with Crippen molar-refractivity contribution in [3.8, 4) is 40.2 Å². The minimum absolute atomic E-state index is 0.0154. The van der Waals surface area contributed by atoms with E-state index in [2.05, 4.69) is 0 Å². The van der Waals surface area contributed by atoms with Crippen molar-refractivity contribution >= 4 is 17.8 Å². The monoisotopic (exact) mass is 518 g/mol. The highest BCUT2D eigenvalue weighted by Gasteiger charge is 2.40. The molecular weight excluding hydrogens is 492 g/mol. The van der Waals surface area contributed by atoms with Gasteiger partial charge in [0, 0.05) is 17.0 Å². The number of fused-ring (bicyclic) bond motifs is 3. The van der Waals surface area contributed by atoms with E-state index in [4.69, 9.17) is 33.2 Å². The zero-order chi connectivity index (χ0) is 27.0. The molecule has 0 aromatic heterocycles. The van der Waals surface area contributed by atoms with Gasteiger partial charge in [-0.1, -0.05) is 12.1 Å². The van der Waals surface area contributed by atoms with E-state index >= 15 is 0 Å². The summed E-state index contributed by atoms with van der Waals surface area (Å²) in [6.45, 7) is 0. The van der Waals surface area contributed by atoms with Crippen LogP contribution in [0.25, 0.3) is 6.08 Å². The average Bonchev–Trinajstić information content (AvgIpc) is 3.25. The van der Waals surface area contributed by atoms with Crippen LogP contribution in [0.2, 0.25) is 0 Å². The zero-order valence-electron chi connectivity index (χ0n) is 21.6. The van der Waals surface area contributed by atoms with Gasteiger partial charge in [0.15, 0.2) is 28.8 Å². The fourth-order valence-corrected chi connectivity index (χ4v) is 4.86. The van der Waals surface area contributed by atoms with E-state index < -0.39 is 11.9 Å². The maximum absolute atomic E-state index is 13.4. The number of hydrogen-bond donors (Lipinski definition) is 0. The van der Waals surface area contributed by atoms with Crippen LogP contribution < -0.4 is 33.2 Å². The molecule has 9 heteroatoms. The lowest BCUT2D eigenvalue weighted by Crippen LogP contribution is -2.22. The van der Waals surface area contributed by atoms with Crippen molar-refractivity contribution in [2.45, 2.75) is 12.3 Å². The van der Waals surface area contributed by atoms with Crippen LogP contribution in [-0.2, 0) is 4.79 Å². The molecule has 2 aliphatic rings. The smallest absolute Gasteiger partial charge is 0.312 e. The molecule has 196 valence electrons. The van der Waals surface area contributed by atoms with Gasteiger partial charge in [0.1, 0.15) is 11.5 Å². The molecule has 1 atom stereocenters. The second kappa shape index (κ2) is 10.0. The highest BCUT2D eigenvalue weighted by atomic mass is 16.5. The fourth-order valence-electron chi connectivity index (χ4n) is 4.86. The number of Topliss-reactive ketones (excluding diaryl/α,β-unsaturated/α-hetero) is 1. The number of allylic oxidation sites excluding steroid dienone is 1. The van der Waals surface area contributed by atoms with Gasteiger partial charge in [-0.3, -0.25) is 9.59 Å². The number of benzene rings is 3. The Kier molecular flexibility index (Phi) is 6.59. The number of methoxy groups -OCH3 is 5. The molecule has 0 fully saturated rings. The summed E-state index contributed by atoms with van der Waals surface area (Å²) in [7, 11) is 7.65. The minimum Gasteiger partial charge on any atom is -0.493 e. The molecule has 0 amide bonds. The third-order valence-electron chi connectivity index (χ3n) is 6.59. The summed E-state index contributed by atoms with van der Waals surface area (Å²) in [5.74, 6) is 1.96. The van der Waals surface area contributed by atoms with Crippen molar-refractivity contribution in [3.63, 3.8) is 0 Å². The average molecular weight is 519 g/mol. The number of hydrogen-bond acceptors (Lipinski definition) is 9. The van der Waals surface area contributed by atoms with Crippen molar-refractivity contribution in [2.24, 2.45) is 0 Å². The third-order valence-corrected chi connectivity index (χ3v) is 6.59. The van der Waals surface area contributed by atoms with Gasteiger partial charge in [0.2, 0.25) is 11.5 Å². The molecule has 0 spiro atoms. The van der Waals surface area contributed by atoms with Gasteiger partial charge in [0.05, 0.1) is 47.5 Å². The molecule has 0 saturated carbocycles. The van der Waals surface area contributed by atoms with Crippen LogP contribution in [-0.4, -0.2) is 47.3 Å². The van der Waals surface area contributed by atoms with Crippen molar-refractivity contribution in [2.75, 3.05) is 35.5 Å². The fraction of sp³-hybridized carbons (Fsp3) is 0.241. The number of carbonyl (C=O) groups excluding carboxylic acids is 2. The molecular formula is C29H26O9. The first kappa shape index (κ1) is 25.0. The van der Waals surface area contributed by atoms with Gasteiger partial charge in [-0.2, -0.15) is 0 Å². The van der Waals surface area contributed by atoms with Gasteiger partial charge in [0.25, 0.3) is 0 Å². The molecule has 0 N–H and O–H groups in total. The van der Waals surface area contributed by atoms with Gasteiger partial charge >= 0.3 is 5.97 Å². The predicted octanol–water partition coefficient (Wildman–Crippen LogP) is 4.79. The van der Waals surface area contributed by atoms with E-state index in [-0.39, 0.29) is 18.0 Å². The van der Waals surface area contributed by atoms with Crippen molar-refractivity contribution < 1.29 is 42.7 Å². The van der Waals surface area contributed by atoms with Crippen LogP contribution in [0, 0.1) is 0 Å². The van der Waals surface area contributed by atoms with Crippen molar-refractivity contribution in [1.82, 2.24) is 0 Å². The lowest BCUT2D eigenvalue weighted by Gasteiger charge is -2.28. The van der Waals surface area contributed by atoms with E-state index in [0.29, 0.717) is 62.5 Å². The Hall–Kier alpha value is -4.66. The summed E-state index contributed by atoms with van der Waals surface area (Å²) in [5.41, 5.74) is 2.32. The van der Waals surface area contributed by atoms with E-state index in [0.717, 1.165) is 0 Å². The van der Waals surface area contributed by atoms with Crippen LogP contribution >= 0.6 is 0 Å². The molecule has 5 rings (SSSR count). The Labute approximate surface area is 219 Å². The van der Waals surface area contributed by atoms with Crippen LogP contribution in [0.1, 0.15) is 39.4 Å². The number of esters is 1. The summed E-state index contributed by atoms with van der Waals surface area (Å²) in [6, 6.07) is 12.1. The van der Waals surface area contributed by atoms with E-state index in [1.165, 1.54) is 28.4 Å². The van der Waals surface area contributed by atoms with E-state index in [1.54, 1.807) is 49.6 Å².